The van der Waals surface area contributed by atoms with Gasteiger partial charge in [0.15, 0.2) is 5.82 Å². The number of hydrogen-bond acceptors (Lipinski definition) is 5. The molecule has 0 spiro atoms. The molecular formula is C19H20N6O. The number of aromatic nitrogens is 5. The topological polar surface area (TPSA) is 76.8 Å². The Kier molecular flexibility index (Phi) is 4.43. The van der Waals surface area contributed by atoms with Crippen molar-refractivity contribution in [2.45, 2.75) is 32.2 Å². The van der Waals surface area contributed by atoms with Crippen molar-refractivity contribution in [1.82, 2.24) is 30.1 Å². The van der Waals surface area contributed by atoms with Crippen molar-refractivity contribution in [1.29, 1.82) is 0 Å². The summed E-state index contributed by atoms with van der Waals surface area (Å²) in [5.41, 5.74) is 2.61. The lowest BCUT2D eigenvalue weighted by molar-refractivity contribution is 0.0611. The number of carbonyl (C=O) groups is 1. The summed E-state index contributed by atoms with van der Waals surface area (Å²) in [5, 5.41) is 11.5. The van der Waals surface area contributed by atoms with Gasteiger partial charge < -0.3 is 4.90 Å². The molecule has 7 nitrogen and oxygen atoms in total. The smallest absolute Gasteiger partial charge is 0.254 e. The monoisotopic (exact) mass is 348 g/mol. The van der Waals surface area contributed by atoms with Crippen LogP contribution in [0.15, 0.2) is 48.8 Å². The molecule has 0 radical (unpaired) electrons. The maximum Gasteiger partial charge on any atom is 0.254 e. The van der Waals surface area contributed by atoms with Crippen LogP contribution in [0.3, 0.4) is 0 Å². The molecule has 0 N–H and O–H groups in total. The van der Waals surface area contributed by atoms with Gasteiger partial charge in [0, 0.05) is 24.5 Å². The largest absolute Gasteiger partial charge is 0.332 e. The highest BCUT2D eigenvalue weighted by molar-refractivity contribution is 5.94. The Morgan fingerprint density at radius 3 is 2.69 bits per heavy atom. The second-order valence-corrected chi connectivity index (χ2v) is 6.48. The van der Waals surface area contributed by atoms with Gasteiger partial charge >= 0.3 is 0 Å². The Hall–Kier alpha value is -3.09. The number of hydrogen-bond donors (Lipinski definition) is 0. The highest BCUT2D eigenvalue weighted by Crippen LogP contribution is 2.31. The van der Waals surface area contributed by atoms with Gasteiger partial charge in [0.2, 0.25) is 0 Å². The average Bonchev–Trinajstić information content (AvgIpc) is 3.14. The van der Waals surface area contributed by atoms with E-state index in [4.69, 9.17) is 0 Å². The summed E-state index contributed by atoms with van der Waals surface area (Å²) in [6.45, 7) is 2.61. The van der Waals surface area contributed by atoms with Crippen LogP contribution in [0.2, 0.25) is 0 Å². The Morgan fingerprint density at radius 2 is 2.00 bits per heavy atom. The van der Waals surface area contributed by atoms with E-state index in [1.165, 1.54) is 0 Å². The quantitative estimate of drug-likeness (QED) is 0.727. The van der Waals surface area contributed by atoms with Crippen LogP contribution in [0.4, 0.5) is 0 Å². The Balaban J connectivity index is 1.58. The van der Waals surface area contributed by atoms with Crippen molar-refractivity contribution in [3.8, 4) is 5.69 Å². The van der Waals surface area contributed by atoms with Gasteiger partial charge in [0.1, 0.15) is 0 Å². The number of pyridine rings is 1. The number of aryl methyl sites for hydroxylation is 1. The summed E-state index contributed by atoms with van der Waals surface area (Å²) in [6.07, 6.45) is 6.75. The molecule has 0 saturated carbocycles. The summed E-state index contributed by atoms with van der Waals surface area (Å²) >= 11 is 0. The van der Waals surface area contributed by atoms with Gasteiger partial charge in [-0.25, -0.2) is 0 Å². The van der Waals surface area contributed by atoms with Gasteiger partial charge in [-0.15, -0.1) is 5.10 Å². The number of tetrazole rings is 1. The molecule has 1 fully saturated rings. The van der Waals surface area contributed by atoms with Crippen molar-refractivity contribution in [3.05, 3.63) is 65.7 Å². The first-order chi connectivity index (χ1) is 12.7. The van der Waals surface area contributed by atoms with E-state index in [9.17, 15) is 4.79 Å². The zero-order valence-electron chi connectivity index (χ0n) is 14.6. The third kappa shape index (κ3) is 3.08. The second-order valence-electron chi connectivity index (χ2n) is 6.48. The van der Waals surface area contributed by atoms with Crippen molar-refractivity contribution in [2.75, 3.05) is 6.54 Å². The predicted octanol–water partition coefficient (Wildman–Crippen LogP) is 2.73. The molecule has 3 aromatic rings. The molecule has 1 atom stereocenters. The molecule has 0 bridgehead atoms. The molecule has 26 heavy (non-hydrogen) atoms. The fourth-order valence-electron chi connectivity index (χ4n) is 3.48. The van der Waals surface area contributed by atoms with Crippen LogP contribution in [-0.2, 0) is 0 Å². The molecule has 0 aliphatic carbocycles. The molecule has 1 unspecified atom stereocenters. The first kappa shape index (κ1) is 16.4. The van der Waals surface area contributed by atoms with Crippen LogP contribution >= 0.6 is 0 Å². The minimum Gasteiger partial charge on any atom is -0.332 e. The van der Waals surface area contributed by atoms with E-state index >= 15 is 0 Å². The van der Waals surface area contributed by atoms with Crippen LogP contribution in [0, 0.1) is 6.92 Å². The van der Waals surface area contributed by atoms with Gasteiger partial charge in [0.25, 0.3) is 5.91 Å². The fourth-order valence-corrected chi connectivity index (χ4v) is 3.48. The summed E-state index contributed by atoms with van der Waals surface area (Å²) in [6, 6.07) is 11.5. The lowest BCUT2D eigenvalue weighted by Crippen LogP contribution is -2.38. The Morgan fingerprint density at radius 1 is 1.15 bits per heavy atom. The predicted molar refractivity (Wildman–Crippen MR) is 95.8 cm³/mol. The first-order valence-electron chi connectivity index (χ1n) is 8.80. The minimum atomic E-state index is 0.0542. The zero-order chi connectivity index (χ0) is 17.9. The molecular weight excluding hydrogens is 328 g/mol. The van der Waals surface area contributed by atoms with E-state index < -0.39 is 0 Å². The zero-order valence-corrected chi connectivity index (χ0v) is 14.6. The second kappa shape index (κ2) is 7.03. The summed E-state index contributed by atoms with van der Waals surface area (Å²) in [4.78, 5) is 19.3. The van der Waals surface area contributed by atoms with Crippen molar-refractivity contribution in [3.63, 3.8) is 0 Å². The Bertz CT molecular complexity index is 890. The highest BCUT2D eigenvalue weighted by Gasteiger charge is 2.28. The number of carbonyl (C=O) groups excluding carboxylic acids is 1. The molecule has 7 heteroatoms. The molecule has 1 amide bonds. The van der Waals surface area contributed by atoms with Crippen molar-refractivity contribution < 1.29 is 4.79 Å². The normalized spacial score (nSPS) is 17.3. The van der Waals surface area contributed by atoms with E-state index in [1.807, 2.05) is 54.4 Å². The minimum absolute atomic E-state index is 0.0542. The number of nitrogens with zero attached hydrogens (tertiary/aromatic N) is 6. The summed E-state index contributed by atoms with van der Waals surface area (Å²) in [5.74, 6) is 0.760. The van der Waals surface area contributed by atoms with Gasteiger partial charge in [0.05, 0.1) is 11.7 Å². The van der Waals surface area contributed by atoms with Crippen molar-refractivity contribution in [2.24, 2.45) is 0 Å². The van der Waals surface area contributed by atoms with E-state index in [1.54, 1.807) is 10.9 Å². The Labute approximate surface area is 151 Å². The van der Waals surface area contributed by atoms with E-state index in [2.05, 4.69) is 20.5 Å². The maximum atomic E-state index is 13.1. The summed E-state index contributed by atoms with van der Waals surface area (Å²) in [7, 11) is 0. The molecule has 132 valence electrons. The molecule has 1 aromatic carbocycles. The van der Waals surface area contributed by atoms with E-state index in [0.717, 1.165) is 37.1 Å². The number of piperidine rings is 1. The van der Waals surface area contributed by atoms with Gasteiger partial charge in [-0.1, -0.05) is 6.07 Å². The van der Waals surface area contributed by atoms with Gasteiger partial charge in [-0.3, -0.25) is 9.78 Å². The van der Waals surface area contributed by atoms with Crippen LogP contribution in [-0.4, -0.2) is 42.5 Å². The third-order valence-electron chi connectivity index (χ3n) is 4.82. The molecule has 4 rings (SSSR count). The fraction of sp³-hybridized carbons (Fsp3) is 0.316. The van der Waals surface area contributed by atoms with Crippen LogP contribution in [0.25, 0.3) is 5.69 Å². The molecule has 3 heterocycles. The third-order valence-corrected chi connectivity index (χ3v) is 4.82. The number of amides is 1. The van der Waals surface area contributed by atoms with E-state index in [-0.39, 0.29) is 11.9 Å². The van der Waals surface area contributed by atoms with Crippen LogP contribution < -0.4 is 0 Å². The summed E-state index contributed by atoms with van der Waals surface area (Å²) < 4.78 is 1.65. The van der Waals surface area contributed by atoms with E-state index in [0.29, 0.717) is 11.4 Å². The molecule has 1 saturated heterocycles. The number of likely N-dealkylation sites (tertiary alicyclic amines) is 1. The van der Waals surface area contributed by atoms with Crippen LogP contribution in [0.1, 0.15) is 47.1 Å². The number of rotatable bonds is 3. The maximum absolute atomic E-state index is 13.1. The molecule has 1 aliphatic heterocycles. The van der Waals surface area contributed by atoms with Gasteiger partial charge in [-0.2, -0.15) is 4.68 Å². The lowest BCUT2D eigenvalue weighted by atomic mass is 9.95. The molecule has 1 aliphatic rings. The lowest BCUT2D eigenvalue weighted by Gasteiger charge is -2.36. The highest BCUT2D eigenvalue weighted by atomic mass is 16.2. The first-order valence-corrected chi connectivity index (χ1v) is 8.80. The standard InChI is InChI=1S/C19H20N6O/c1-14-21-22-23-25(14)17-9-7-15(8-10-17)19(26)24-12-3-2-6-18(24)16-5-4-11-20-13-16/h4-5,7-11,13,18H,2-3,6,12H2,1H3. The van der Waals surface area contributed by atoms with Crippen molar-refractivity contribution >= 4 is 5.91 Å². The van der Waals surface area contributed by atoms with Gasteiger partial charge in [-0.05, 0) is 72.5 Å². The van der Waals surface area contributed by atoms with Crippen LogP contribution in [0.5, 0.6) is 0 Å². The molecule has 2 aromatic heterocycles. The average molecular weight is 348 g/mol. The SMILES string of the molecule is Cc1nnnn1-c1ccc(C(=O)N2CCCCC2c2cccnc2)cc1. The number of benzene rings is 1.